The van der Waals surface area contributed by atoms with E-state index in [1.165, 1.54) is 0 Å². The molecule has 4 nitrogen and oxygen atoms in total. The topological polar surface area (TPSA) is 76.8 Å². The molecule has 1 aromatic rings. The molecule has 92 valence electrons. The van der Waals surface area contributed by atoms with Gasteiger partial charge in [-0.1, -0.05) is 6.07 Å². The minimum atomic E-state index is -4.68. The van der Waals surface area contributed by atoms with Crippen molar-refractivity contribution in [2.75, 3.05) is 0 Å². The predicted molar refractivity (Wildman–Crippen MR) is 54.8 cm³/mol. The third-order valence-electron chi connectivity index (χ3n) is 1.72. The Hall–Kier alpha value is -2.12. The van der Waals surface area contributed by atoms with Gasteiger partial charge in [0.2, 0.25) is 5.96 Å². The molecule has 0 amide bonds. The summed E-state index contributed by atoms with van der Waals surface area (Å²) in [4.78, 5) is 0. The molecule has 17 heavy (non-hydrogen) atoms. The number of alkyl halides is 3. The van der Waals surface area contributed by atoms with Crippen LogP contribution in [0.3, 0.4) is 0 Å². The van der Waals surface area contributed by atoms with Crippen molar-refractivity contribution in [2.45, 2.75) is 6.18 Å². The van der Waals surface area contributed by atoms with E-state index in [-0.39, 0.29) is 0 Å². The first-order valence-electron chi connectivity index (χ1n) is 4.30. The number of hydrogen-bond donors (Lipinski definition) is 2. The van der Waals surface area contributed by atoms with Crippen LogP contribution in [0.25, 0.3) is 0 Å². The highest BCUT2D eigenvalue weighted by Gasteiger charge is 2.33. The summed E-state index contributed by atoms with van der Waals surface area (Å²) in [7, 11) is 0. The smallest absolute Gasteiger partial charge is 0.369 e. The van der Waals surface area contributed by atoms with Crippen LogP contribution in [0.5, 0.6) is 0 Å². The first-order chi connectivity index (χ1) is 7.82. The summed E-state index contributed by atoms with van der Waals surface area (Å²) in [6.45, 7) is 0. The van der Waals surface area contributed by atoms with Crippen molar-refractivity contribution in [3.63, 3.8) is 0 Å². The van der Waals surface area contributed by atoms with E-state index in [0.29, 0.717) is 6.21 Å². The minimum Gasteiger partial charge on any atom is -0.369 e. The van der Waals surface area contributed by atoms with E-state index in [0.717, 1.165) is 18.2 Å². The van der Waals surface area contributed by atoms with Crippen LogP contribution in [-0.2, 0) is 6.18 Å². The molecule has 0 bridgehead atoms. The van der Waals surface area contributed by atoms with Gasteiger partial charge in [-0.15, -0.1) is 5.10 Å². The second-order valence-electron chi connectivity index (χ2n) is 2.97. The van der Waals surface area contributed by atoms with Gasteiger partial charge in [0.25, 0.3) is 0 Å². The van der Waals surface area contributed by atoms with E-state index in [1.807, 2.05) is 0 Å². The Kier molecular flexibility index (Phi) is 3.66. The highest BCUT2D eigenvalue weighted by atomic mass is 19.4. The normalized spacial score (nSPS) is 11.8. The average Bonchev–Trinajstić information content (AvgIpc) is 2.18. The molecule has 8 heteroatoms. The third kappa shape index (κ3) is 3.44. The molecule has 0 unspecified atom stereocenters. The second kappa shape index (κ2) is 4.81. The van der Waals surface area contributed by atoms with Crippen molar-refractivity contribution in [3.8, 4) is 0 Å². The van der Waals surface area contributed by atoms with E-state index < -0.39 is 29.1 Å². The highest BCUT2D eigenvalue weighted by Crippen LogP contribution is 2.32. The summed E-state index contributed by atoms with van der Waals surface area (Å²) < 4.78 is 50.7. The Morgan fingerprint density at radius 2 is 1.88 bits per heavy atom. The molecule has 0 radical (unpaired) electrons. The zero-order valence-electron chi connectivity index (χ0n) is 8.37. The largest absolute Gasteiger partial charge is 0.417 e. The molecule has 0 aliphatic carbocycles. The number of nitrogens with two attached hydrogens (primary N) is 2. The number of halogens is 4. The zero-order valence-corrected chi connectivity index (χ0v) is 8.37. The summed E-state index contributed by atoms with van der Waals surface area (Å²) in [5, 5.41) is 6.24. The SMILES string of the molecule is NC(N)=NN=Cc1c(F)cccc1C(F)(F)F. The van der Waals surface area contributed by atoms with Crippen molar-refractivity contribution >= 4 is 12.2 Å². The zero-order chi connectivity index (χ0) is 13.1. The molecule has 0 fully saturated rings. The second-order valence-corrected chi connectivity index (χ2v) is 2.97. The summed E-state index contributed by atoms with van der Waals surface area (Å²) in [6, 6.07) is 2.57. The quantitative estimate of drug-likeness (QED) is 0.359. The van der Waals surface area contributed by atoms with Crippen molar-refractivity contribution in [1.29, 1.82) is 0 Å². The molecule has 0 aliphatic rings. The van der Waals surface area contributed by atoms with Gasteiger partial charge in [0.1, 0.15) is 5.82 Å². The van der Waals surface area contributed by atoms with Crippen LogP contribution >= 0.6 is 0 Å². The van der Waals surface area contributed by atoms with Crippen LogP contribution in [0, 0.1) is 5.82 Å². The van der Waals surface area contributed by atoms with Crippen LogP contribution in [0.2, 0.25) is 0 Å². The maximum absolute atomic E-state index is 13.2. The standard InChI is InChI=1S/C9H8F4N4/c10-7-3-1-2-6(9(11,12)13)5(7)4-16-17-8(14)15/h1-4H,(H4,14,15,17). The Bertz CT molecular complexity index is 461. The van der Waals surface area contributed by atoms with Crippen LogP contribution in [0.15, 0.2) is 28.4 Å². The Morgan fingerprint density at radius 3 is 2.41 bits per heavy atom. The minimum absolute atomic E-state index is 0.439. The molecule has 1 aromatic carbocycles. The summed E-state index contributed by atoms with van der Waals surface area (Å²) >= 11 is 0. The molecule has 4 N–H and O–H groups in total. The van der Waals surface area contributed by atoms with Crippen molar-refractivity contribution in [3.05, 3.63) is 35.1 Å². The predicted octanol–water partition coefficient (Wildman–Crippen LogP) is 1.45. The van der Waals surface area contributed by atoms with Gasteiger partial charge in [0.15, 0.2) is 0 Å². The average molecular weight is 248 g/mol. The Balaban J connectivity index is 3.22. The third-order valence-corrected chi connectivity index (χ3v) is 1.72. The number of benzene rings is 1. The molecule has 0 spiro atoms. The molecule has 0 heterocycles. The summed E-state index contributed by atoms with van der Waals surface area (Å²) in [6.07, 6.45) is -4.07. The monoisotopic (exact) mass is 248 g/mol. The first-order valence-corrected chi connectivity index (χ1v) is 4.30. The number of guanidine groups is 1. The molecule has 0 aromatic heterocycles. The van der Waals surface area contributed by atoms with Gasteiger partial charge in [0.05, 0.1) is 11.8 Å². The van der Waals surface area contributed by atoms with E-state index in [4.69, 9.17) is 11.5 Å². The Morgan fingerprint density at radius 1 is 1.24 bits per heavy atom. The molecule has 0 saturated heterocycles. The molecule has 1 rings (SSSR count). The van der Waals surface area contributed by atoms with Crippen LogP contribution in [-0.4, -0.2) is 12.2 Å². The van der Waals surface area contributed by atoms with Gasteiger partial charge < -0.3 is 11.5 Å². The fourth-order valence-electron chi connectivity index (χ4n) is 1.07. The van der Waals surface area contributed by atoms with Gasteiger partial charge in [-0.2, -0.15) is 18.3 Å². The first kappa shape index (κ1) is 12.9. The van der Waals surface area contributed by atoms with Crippen LogP contribution in [0.4, 0.5) is 17.6 Å². The van der Waals surface area contributed by atoms with Crippen molar-refractivity contribution in [1.82, 2.24) is 0 Å². The number of nitrogens with zero attached hydrogens (tertiary/aromatic N) is 2. The van der Waals surface area contributed by atoms with E-state index >= 15 is 0 Å². The lowest BCUT2D eigenvalue weighted by Crippen LogP contribution is -2.21. The fraction of sp³-hybridized carbons (Fsp3) is 0.111. The molecule has 0 aliphatic heterocycles. The summed E-state index contributed by atoms with van der Waals surface area (Å²) in [5.41, 5.74) is 7.97. The van der Waals surface area contributed by atoms with E-state index in [1.54, 1.807) is 0 Å². The van der Waals surface area contributed by atoms with Gasteiger partial charge >= 0.3 is 6.18 Å². The van der Waals surface area contributed by atoms with Crippen molar-refractivity contribution < 1.29 is 17.6 Å². The van der Waals surface area contributed by atoms with Gasteiger partial charge in [-0.05, 0) is 12.1 Å². The van der Waals surface area contributed by atoms with Gasteiger partial charge in [-0.25, -0.2) is 4.39 Å². The molecule has 0 saturated carbocycles. The number of hydrogen-bond acceptors (Lipinski definition) is 2. The maximum atomic E-state index is 13.2. The maximum Gasteiger partial charge on any atom is 0.417 e. The molecular formula is C9H8F4N4. The molecular weight excluding hydrogens is 240 g/mol. The lowest BCUT2D eigenvalue weighted by molar-refractivity contribution is -0.137. The van der Waals surface area contributed by atoms with E-state index in [9.17, 15) is 17.6 Å². The lowest BCUT2D eigenvalue weighted by atomic mass is 10.1. The molecule has 0 atom stereocenters. The van der Waals surface area contributed by atoms with Crippen LogP contribution in [0.1, 0.15) is 11.1 Å². The fourth-order valence-corrected chi connectivity index (χ4v) is 1.07. The Labute approximate surface area is 93.6 Å². The van der Waals surface area contributed by atoms with Gasteiger partial charge in [0, 0.05) is 5.56 Å². The van der Waals surface area contributed by atoms with Crippen LogP contribution < -0.4 is 11.5 Å². The summed E-state index contributed by atoms with van der Waals surface area (Å²) in [5.74, 6) is -1.50. The number of rotatable bonds is 2. The van der Waals surface area contributed by atoms with Crippen molar-refractivity contribution in [2.24, 2.45) is 21.7 Å². The van der Waals surface area contributed by atoms with Gasteiger partial charge in [-0.3, -0.25) is 0 Å². The highest BCUT2D eigenvalue weighted by molar-refractivity contribution is 5.83. The van der Waals surface area contributed by atoms with E-state index in [2.05, 4.69) is 10.2 Å². The lowest BCUT2D eigenvalue weighted by Gasteiger charge is -2.09.